The third-order valence-corrected chi connectivity index (χ3v) is 3.44. The number of hydrogen-bond donors (Lipinski definition) is 1. The van der Waals surface area contributed by atoms with Crippen molar-refractivity contribution in [1.29, 1.82) is 0 Å². The third-order valence-electron chi connectivity index (χ3n) is 3.44. The first-order valence-corrected chi connectivity index (χ1v) is 6.40. The Hall–Kier alpha value is -2.55. The normalized spacial score (nSPS) is 10.9. The van der Waals surface area contributed by atoms with Crippen molar-refractivity contribution in [3.05, 3.63) is 64.0 Å². The van der Waals surface area contributed by atoms with Crippen LogP contribution in [0.2, 0.25) is 0 Å². The van der Waals surface area contributed by atoms with E-state index in [1.54, 1.807) is 6.07 Å². The molecule has 0 radical (unpaired) electrons. The molecule has 0 unspecified atom stereocenters. The van der Waals surface area contributed by atoms with Crippen LogP contribution in [0.4, 0.5) is 0 Å². The van der Waals surface area contributed by atoms with Gasteiger partial charge in [-0.1, -0.05) is 42.0 Å². The number of aryl methyl sites for hydroxylation is 2. The Labute approximate surface area is 116 Å². The molecule has 2 aromatic carbocycles. The van der Waals surface area contributed by atoms with Crippen molar-refractivity contribution in [2.45, 2.75) is 13.8 Å². The van der Waals surface area contributed by atoms with Crippen molar-refractivity contribution in [2.75, 3.05) is 0 Å². The van der Waals surface area contributed by atoms with Crippen LogP contribution in [0.3, 0.4) is 0 Å². The first kappa shape index (κ1) is 12.5. The van der Waals surface area contributed by atoms with E-state index >= 15 is 0 Å². The second-order valence-electron chi connectivity index (χ2n) is 4.93. The predicted octanol–water partition coefficient (Wildman–Crippen LogP) is 3.78. The largest absolute Gasteiger partial charge is 0.506 e. The molecule has 0 aliphatic rings. The second-order valence-corrected chi connectivity index (χ2v) is 4.93. The van der Waals surface area contributed by atoms with Gasteiger partial charge in [-0.15, -0.1) is 0 Å². The molecule has 3 nitrogen and oxygen atoms in total. The molecule has 1 N–H and O–H groups in total. The fourth-order valence-corrected chi connectivity index (χ4v) is 2.32. The minimum absolute atomic E-state index is 0.0243. The Kier molecular flexibility index (Phi) is 2.83. The Balaban J connectivity index is 2.37. The smallest absolute Gasteiger partial charge is 0.347 e. The maximum absolute atomic E-state index is 12.2. The molecule has 0 saturated carbocycles. The maximum atomic E-state index is 12.2. The monoisotopic (exact) mass is 266 g/mol. The Bertz CT molecular complexity index is 842. The van der Waals surface area contributed by atoms with Crippen molar-refractivity contribution in [3.8, 4) is 16.9 Å². The summed E-state index contributed by atoms with van der Waals surface area (Å²) in [5.74, 6) is -0.0243. The summed E-state index contributed by atoms with van der Waals surface area (Å²) in [5, 5.41) is 11.0. The van der Waals surface area contributed by atoms with Gasteiger partial charge in [0.15, 0.2) is 0 Å². The molecule has 0 atom stereocenters. The molecule has 0 bridgehead atoms. The fraction of sp³-hybridized carbons (Fsp3) is 0.118. The van der Waals surface area contributed by atoms with Crippen LogP contribution in [0.15, 0.2) is 51.7 Å². The molecule has 0 amide bonds. The summed E-state index contributed by atoms with van der Waals surface area (Å²) in [5.41, 5.74) is 2.70. The number of fused-ring (bicyclic) bond motifs is 1. The average Bonchev–Trinajstić information content (AvgIpc) is 2.42. The van der Waals surface area contributed by atoms with Crippen LogP contribution in [0, 0.1) is 13.8 Å². The van der Waals surface area contributed by atoms with E-state index in [-0.39, 0.29) is 11.3 Å². The van der Waals surface area contributed by atoms with E-state index in [0.29, 0.717) is 16.5 Å². The zero-order valence-electron chi connectivity index (χ0n) is 11.3. The zero-order valence-corrected chi connectivity index (χ0v) is 11.3. The summed E-state index contributed by atoms with van der Waals surface area (Å²) >= 11 is 0. The summed E-state index contributed by atoms with van der Waals surface area (Å²) in [6, 6.07) is 12.8. The van der Waals surface area contributed by atoms with Crippen LogP contribution in [-0.2, 0) is 0 Å². The van der Waals surface area contributed by atoms with Crippen LogP contribution in [0.1, 0.15) is 11.1 Å². The quantitative estimate of drug-likeness (QED) is 0.682. The molecule has 0 fully saturated rings. The maximum Gasteiger partial charge on any atom is 0.347 e. The number of rotatable bonds is 1. The van der Waals surface area contributed by atoms with Crippen LogP contribution in [-0.4, -0.2) is 5.11 Å². The van der Waals surface area contributed by atoms with Crippen LogP contribution >= 0.6 is 0 Å². The van der Waals surface area contributed by atoms with E-state index in [0.717, 1.165) is 11.1 Å². The van der Waals surface area contributed by atoms with E-state index < -0.39 is 5.63 Å². The minimum Gasteiger partial charge on any atom is -0.506 e. The van der Waals surface area contributed by atoms with Gasteiger partial charge in [-0.25, -0.2) is 4.79 Å². The second kappa shape index (κ2) is 4.53. The highest BCUT2D eigenvalue weighted by Gasteiger charge is 2.16. The highest BCUT2D eigenvalue weighted by molar-refractivity contribution is 5.91. The van der Waals surface area contributed by atoms with Crippen LogP contribution in [0.5, 0.6) is 5.75 Å². The SMILES string of the molecule is Cc1ccc(-c2c(O)c3cccc(C)c3oc2=O)cc1. The number of aromatic hydroxyl groups is 1. The highest BCUT2D eigenvalue weighted by Crippen LogP contribution is 2.33. The van der Waals surface area contributed by atoms with Gasteiger partial charge in [-0.2, -0.15) is 0 Å². The standard InChI is InChI=1S/C17H14O3/c1-10-6-8-12(9-7-10)14-15(18)13-5-3-4-11(2)16(13)20-17(14)19/h3-9,18H,1-2H3. The minimum atomic E-state index is -0.520. The van der Waals surface area contributed by atoms with Gasteiger partial charge in [0.1, 0.15) is 16.9 Å². The van der Waals surface area contributed by atoms with Gasteiger partial charge in [-0.3, -0.25) is 0 Å². The summed E-state index contributed by atoms with van der Waals surface area (Å²) in [4.78, 5) is 12.2. The molecule has 0 spiro atoms. The van der Waals surface area contributed by atoms with E-state index in [1.807, 2.05) is 50.2 Å². The highest BCUT2D eigenvalue weighted by atomic mass is 16.4. The van der Waals surface area contributed by atoms with Crippen LogP contribution in [0.25, 0.3) is 22.1 Å². The van der Waals surface area contributed by atoms with Crippen LogP contribution < -0.4 is 5.63 Å². The van der Waals surface area contributed by atoms with E-state index in [9.17, 15) is 9.90 Å². The molecule has 0 aliphatic carbocycles. The average molecular weight is 266 g/mol. The molecule has 100 valence electrons. The number of benzene rings is 2. The van der Waals surface area contributed by atoms with E-state index in [2.05, 4.69) is 0 Å². The summed E-state index contributed by atoms with van der Waals surface area (Å²) in [6.07, 6.45) is 0. The Morgan fingerprint density at radius 2 is 1.70 bits per heavy atom. The molecule has 3 heteroatoms. The molecule has 3 rings (SSSR count). The molecular weight excluding hydrogens is 252 g/mol. The predicted molar refractivity (Wildman–Crippen MR) is 79.1 cm³/mol. The Morgan fingerprint density at radius 1 is 1.00 bits per heavy atom. The third kappa shape index (κ3) is 1.88. The van der Waals surface area contributed by atoms with E-state index in [4.69, 9.17) is 4.42 Å². The van der Waals surface area contributed by atoms with Gasteiger partial charge >= 0.3 is 5.63 Å². The summed E-state index contributed by atoms with van der Waals surface area (Å²) in [6.45, 7) is 3.81. The molecule has 0 saturated heterocycles. The van der Waals surface area contributed by atoms with Crippen molar-refractivity contribution < 1.29 is 9.52 Å². The Morgan fingerprint density at radius 3 is 2.40 bits per heavy atom. The van der Waals surface area contributed by atoms with Gasteiger partial charge in [0.25, 0.3) is 0 Å². The van der Waals surface area contributed by atoms with Crippen molar-refractivity contribution in [3.63, 3.8) is 0 Å². The van der Waals surface area contributed by atoms with Crippen molar-refractivity contribution >= 4 is 11.0 Å². The lowest BCUT2D eigenvalue weighted by atomic mass is 10.0. The van der Waals surface area contributed by atoms with Gasteiger partial charge in [-0.05, 0) is 31.0 Å². The summed E-state index contributed by atoms with van der Waals surface area (Å²) in [7, 11) is 0. The molecular formula is C17H14O3. The first-order chi connectivity index (χ1) is 9.58. The molecule has 20 heavy (non-hydrogen) atoms. The number of para-hydroxylation sites is 1. The molecule has 1 heterocycles. The van der Waals surface area contributed by atoms with Gasteiger partial charge in [0, 0.05) is 0 Å². The van der Waals surface area contributed by atoms with E-state index in [1.165, 1.54) is 0 Å². The first-order valence-electron chi connectivity index (χ1n) is 6.40. The molecule has 3 aromatic rings. The summed E-state index contributed by atoms with van der Waals surface area (Å²) < 4.78 is 5.37. The topological polar surface area (TPSA) is 50.4 Å². The van der Waals surface area contributed by atoms with Gasteiger partial charge in [0.05, 0.1) is 5.39 Å². The van der Waals surface area contributed by atoms with Crippen molar-refractivity contribution in [2.24, 2.45) is 0 Å². The van der Waals surface area contributed by atoms with Gasteiger partial charge < -0.3 is 9.52 Å². The number of hydrogen-bond acceptors (Lipinski definition) is 3. The molecule has 0 aliphatic heterocycles. The zero-order chi connectivity index (χ0) is 14.3. The fourth-order valence-electron chi connectivity index (χ4n) is 2.32. The van der Waals surface area contributed by atoms with Crippen molar-refractivity contribution in [1.82, 2.24) is 0 Å². The molecule has 1 aromatic heterocycles. The lowest BCUT2D eigenvalue weighted by Crippen LogP contribution is -2.04. The lowest BCUT2D eigenvalue weighted by Gasteiger charge is -2.08. The van der Waals surface area contributed by atoms with Gasteiger partial charge in [0.2, 0.25) is 0 Å². The lowest BCUT2D eigenvalue weighted by molar-refractivity contribution is 0.471.